The summed E-state index contributed by atoms with van der Waals surface area (Å²) in [5.41, 5.74) is 1.47. The highest BCUT2D eigenvalue weighted by Crippen LogP contribution is 2.36. The van der Waals surface area contributed by atoms with Crippen LogP contribution >= 0.6 is 0 Å². The minimum atomic E-state index is -0.300. The van der Waals surface area contributed by atoms with Crippen LogP contribution in [0, 0.1) is 0 Å². The molecule has 2 aliphatic heterocycles. The van der Waals surface area contributed by atoms with Crippen LogP contribution in [-0.2, 0) is 9.53 Å². The Bertz CT molecular complexity index is 267. The topological polar surface area (TPSA) is 50.4 Å². The maximum atomic E-state index is 11.1. The minimum absolute atomic E-state index is 0.300. The SMILES string of the molecule is CNC1=C(C=O)C2(CCNCC2)OC1. The van der Waals surface area contributed by atoms with E-state index in [1.165, 1.54) is 0 Å². The summed E-state index contributed by atoms with van der Waals surface area (Å²) in [6.45, 7) is 2.40. The summed E-state index contributed by atoms with van der Waals surface area (Å²) in [7, 11) is 1.84. The van der Waals surface area contributed by atoms with Crippen LogP contribution in [0.5, 0.6) is 0 Å². The molecule has 2 rings (SSSR count). The number of aldehydes is 1. The molecule has 1 spiro atoms. The number of piperidine rings is 1. The molecular weight excluding hydrogens is 180 g/mol. The lowest BCUT2D eigenvalue weighted by Crippen LogP contribution is -2.43. The molecule has 0 aromatic heterocycles. The monoisotopic (exact) mass is 196 g/mol. The molecule has 4 nitrogen and oxygen atoms in total. The lowest BCUT2D eigenvalue weighted by atomic mass is 9.85. The Labute approximate surface area is 83.7 Å². The second-order valence-electron chi connectivity index (χ2n) is 3.79. The molecule has 0 aromatic rings. The van der Waals surface area contributed by atoms with Crippen LogP contribution in [-0.4, -0.2) is 38.6 Å². The van der Waals surface area contributed by atoms with E-state index < -0.39 is 0 Å². The predicted octanol–water partition coefficient (Wildman–Crippen LogP) is -0.189. The molecule has 2 N–H and O–H groups in total. The third-order valence-corrected chi connectivity index (χ3v) is 3.14. The van der Waals surface area contributed by atoms with Gasteiger partial charge in [0.25, 0.3) is 0 Å². The van der Waals surface area contributed by atoms with E-state index in [9.17, 15) is 4.79 Å². The van der Waals surface area contributed by atoms with E-state index in [0.717, 1.165) is 43.5 Å². The van der Waals surface area contributed by atoms with E-state index in [1.807, 2.05) is 7.05 Å². The zero-order valence-electron chi connectivity index (χ0n) is 8.43. The summed E-state index contributed by atoms with van der Waals surface area (Å²) in [4.78, 5) is 11.1. The van der Waals surface area contributed by atoms with E-state index in [0.29, 0.717) is 6.61 Å². The molecule has 0 bridgehead atoms. The maximum absolute atomic E-state index is 11.1. The third-order valence-electron chi connectivity index (χ3n) is 3.14. The largest absolute Gasteiger partial charge is 0.389 e. The van der Waals surface area contributed by atoms with Crippen LogP contribution in [0.1, 0.15) is 12.8 Å². The van der Waals surface area contributed by atoms with Crippen LogP contribution in [0.3, 0.4) is 0 Å². The summed E-state index contributed by atoms with van der Waals surface area (Å²) in [5.74, 6) is 0. The molecule has 0 amide bonds. The first kappa shape index (κ1) is 9.68. The third kappa shape index (κ3) is 1.35. The van der Waals surface area contributed by atoms with Crippen LogP contribution < -0.4 is 10.6 Å². The lowest BCUT2D eigenvalue weighted by molar-refractivity contribution is -0.107. The minimum Gasteiger partial charge on any atom is -0.389 e. The Balaban J connectivity index is 2.27. The number of hydrogen-bond donors (Lipinski definition) is 2. The van der Waals surface area contributed by atoms with Crippen molar-refractivity contribution in [2.75, 3.05) is 26.7 Å². The van der Waals surface area contributed by atoms with Gasteiger partial charge in [0.2, 0.25) is 0 Å². The molecule has 0 radical (unpaired) electrons. The van der Waals surface area contributed by atoms with E-state index in [2.05, 4.69) is 10.6 Å². The van der Waals surface area contributed by atoms with Crippen molar-refractivity contribution in [1.82, 2.24) is 10.6 Å². The quantitative estimate of drug-likeness (QED) is 0.601. The van der Waals surface area contributed by atoms with Crippen LogP contribution in [0.25, 0.3) is 0 Å². The molecule has 2 aliphatic rings. The summed E-state index contributed by atoms with van der Waals surface area (Å²) in [5, 5.41) is 6.31. The van der Waals surface area contributed by atoms with Gasteiger partial charge >= 0.3 is 0 Å². The normalized spacial score (nSPS) is 25.5. The fourth-order valence-corrected chi connectivity index (χ4v) is 2.27. The van der Waals surface area contributed by atoms with Gasteiger partial charge in [-0.1, -0.05) is 0 Å². The number of rotatable bonds is 2. The first-order valence-electron chi connectivity index (χ1n) is 5.03. The predicted molar refractivity (Wildman–Crippen MR) is 52.9 cm³/mol. The van der Waals surface area contributed by atoms with Crippen molar-refractivity contribution in [3.05, 3.63) is 11.3 Å². The van der Waals surface area contributed by atoms with Crippen molar-refractivity contribution in [2.24, 2.45) is 0 Å². The van der Waals surface area contributed by atoms with Gasteiger partial charge in [-0.15, -0.1) is 0 Å². The average molecular weight is 196 g/mol. The van der Waals surface area contributed by atoms with Gasteiger partial charge in [-0.05, 0) is 25.9 Å². The summed E-state index contributed by atoms with van der Waals surface area (Å²) in [6, 6.07) is 0. The Kier molecular flexibility index (Phi) is 2.56. The van der Waals surface area contributed by atoms with E-state index in [1.54, 1.807) is 0 Å². The standard InChI is InChI=1S/C10H16N2O2/c1-11-9-7-14-10(8(9)6-13)2-4-12-5-3-10/h6,11-12H,2-5,7H2,1H3. The summed E-state index contributed by atoms with van der Waals surface area (Å²) in [6.07, 6.45) is 2.74. The highest BCUT2D eigenvalue weighted by molar-refractivity contribution is 5.78. The van der Waals surface area contributed by atoms with Gasteiger partial charge in [-0.3, -0.25) is 4.79 Å². The number of carbonyl (C=O) groups excluding carboxylic acids is 1. The van der Waals surface area contributed by atoms with E-state index in [4.69, 9.17) is 4.74 Å². The van der Waals surface area contributed by atoms with Crippen LogP contribution in [0.2, 0.25) is 0 Å². The van der Waals surface area contributed by atoms with Gasteiger partial charge in [0.05, 0.1) is 6.61 Å². The van der Waals surface area contributed by atoms with Gasteiger partial charge in [0.1, 0.15) is 5.60 Å². The molecule has 1 fully saturated rings. The van der Waals surface area contributed by atoms with Crippen LogP contribution in [0.4, 0.5) is 0 Å². The Hall–Kier alpha value is -0.870. The number of ether oxygens (including phenoxy) is 1. The Morgan fingerprint density at radius 1 is 1.50 bits per heavy atom. The first-order valence-corrected chi connectivity index (χ1v) is 5.03. The van der Waals surface area contributed by atoms with Gasteiger partial charge in [0.15, 0.2) is 6.29 Å². The van der Waals surface area contributed by atoms with Gasteiger partial charge < -0.3 is 15.4 Å². The van der Waals surface area contributed by atoms with Crippen molar-refractivity contribution in [3.8, 4) is 0 Å². The Morgan fingerprint density at radius 2 is 2.21 bits per heavy atom. The summed E-state index contributed by atoms with van der Waals surface area (Å²) < 4.78 is 5.78. The fourth-order valence-electron chi connectivity index (χ4n) is 2.27. The molecule has 0 saturated carbocycles. The highest BCUT2D eigenvalue weighted by Gasteiger charge is 2.42. The molecule has 0 atom stereocenters. The molecule has 0 aromatic carbocycles. The fraction of sp³-hybridized carbons (Fsp3) is 0.700. The number of carbonyl (C=O) groups is 1. The van der Waals surface area contributed by atoms with Crippen molar-refractivity contribution < 1.29 is 9.53 Å². The lowest BCUT2D eigenvalue weighted by Gasteiger charge is -2.33. The van der Waals surface area contributed by atoms with Crippen molar-refractivity contribution >= 4 is 6.29 Å². The average Bonchev–Trinajstić information content (AvgIpc) is 2.57. The zero-order chi connectivity index (χ0) is 10.0. The number of nitrogens with one attached hydrogen (secondary N) is 2. The van der Waals surface area contributed by atoms with Crippen molar-refractivity contribution in [1.29, 1.82) is 0 Å². The number of hydrogen-bond acceptors (Lipinski definition) is 4. The molecular formula is C10H16N2O2. The van der Waals surface area contributed by atoms with Crippen LogP contribution in [0.15, 0.2) is 11.3 Å². The maximum Gasteiger partial charge on any atom is 0.150 e. The Morgan fingerprint density at radius 3 is 2.79 bits per heavy atom. The molecule has 1 saturated heterocycles. The van der Waals surface area contributed by atoms with Gasteiger partial charge in [0, 0.05) is 18.3 Å². The highest BCUT2D eigenvalue weighted by atomic mass is 16.5. The van der Waals surface area contributed by atoms with E-state index >= 15 is 0 Å². The molecule has 14 heavy (non-hydrogen) atoms. The number of likely N-dealkylation sites (N-methyl/N-ethyl adjacent to an activating group) is 1. The molecule has 0 unspecified atom stereocenters. The molecule has 2 heterocycles. The van der Waals surface area contributed by atoms with Crippen molar-refractivity contribution in [2.45, 2.75) is 18.4 Å². The second-order valence-corrected chi connectivity index (χ2v) is 3.79. The smallest absolute Gasteiger partial charge is 0.150 e. The van der Waals surface area contributed by atoms with Gasteiger partial charge in [-0.25, -0.2) is 0 Å². The zero-order valence-corrected chi connectivity index (χ0v) is 8.43. The van der Waals surface area contributed by atoms with Crippen molar-refractivity contribution in [3.63, 3.8) is 0 Å². The second kappa shape index (κ2) is 3.71. The van der Waals surface area contributed by atoms with Gasteiger partial charge in [-0.2, -0.15) is 0 Å². The molecule has 4 heteroatoms. The van der Waals surface area contributed by atoms with E-state index in [-0.39, 0.29) is 5.60 Å². The molecule has 0 aliphatic carbocycles. The first-order chi connectivity index (χ1) is 6.82. The molecule has 78 valence electrons. The summed E-state index contributed by atoms with van der Waals surface area (Å²) >= 11 is 0.